The average Bonchev–Trinajstić information content (AvgIpc) is 2.91. The van der Waals surface area contributed by atoms with E-state index in [4.69, 9.17) is 5.11 Å². The molecule has 0 radical (unpaired) electrons. The van der Waals surface area contributed by atoms with E-state index in [0.29, 0.717) is 25.1 Å². The first-order valence-corrected chi connectivity index (χ1v) is 9.05. The Bertz CT molecular complexity index is 850. The van der Waals surface area contributed by atoms with E-state index in [1.807, 2.05) is 39.8 Å². The average molecular weight is 369 g/mol. The zero-order chi connectivity index (χ0) is 20.1. The molecule has 144 valence electrons. The minimum atomic E-state index is -0.820. The van der Waals surface area contributed by atoms with E-state index < -0.39 is 5.97 Å². The van der Waals surface area contributed by atoms with E-state index >= 15 is 0 Å². The number of rotatable bonds is 8. The first-order valence-electron chi connectivity index (χ1n) is 9.05. The van der Waals surface area contributed by atoms with Gasteiger partial charge in [-0.05, 0) is 63.9 Å². The van der Waals surface area contributed by atoms with Crippen molar-refractivity contribution in [2.75, 3.05) is 13.1 Å². The van der Waals surface area contributed by atoms with Gasteiger partial charge in [0.05, 0.1) is 11.4 Å². The third-order valence-electron chi connectivity index (χ3n) is 4.52. The van der Waals surface area contributed by atoms with Crippen molar-refractivity contribution in [3.63, 3.8) is 0 Å². The zero-order valence-electron chi connectivity index (χ0n) is 16.5. The summed E-state index contributed by atoms with van der Waals surface area (Å²) in [5, 5.41) is 13.5. The Hall–Kier alpha value is -2.89. The Labute approximate surface area is 160 Å². The molecule has 0 fully saturated rings. The molecule has 2 rings (SSSR count). The molecular weight excluding hydrogens is 342 g/mol. The smallest absolute Gasteiger partial charge is 0.303 e. The summed E-state index contributed by atoms with van der Waals surface area (Å²) in [6.45, 7) is 12.7. The second-order valence-corrected chi connectivity index (χ2v) is 6.78. The fourth-order valence-electron chi connectivity index (χ4n) is 3.10. The molecule has 0 spiro atoms. The third kappa shape index (κ3) is 4.84. The van der Waals surface area contributed by atoms with Crippen molar-refractivity contribution in [2.45, 2.75) is 40.5 Å². The first kappa shape index (κ1) is 20.4. The van der Waals surface area contributed by atoms with Gasteiger partial charge in [-0.2, -0.15) is 5.10 Å². The van der Waals surface area contributed by atoms with E-state index in [-0.39, 0.29) is 12.3 Å². The number of likely N-dealkylation sites (N-methyl/N-ethyl adjacent to an activating group) is 1. The lowest BCUT2D eigenvalue weighted by molar-refractivity contribution is -0.136. The Kier molecular flexibility index (Phi) is 6.55. The maximum atomic E-state index is 12.6. The predicted octanol–water partition coefficient (Wildman–Crippen LogP) is 3.54. The number of carboxylic acid groups (broad SMARTS) is 1. The SMILES string of the molecule is C=C(C)CN(CC)C(=O)c1ccc(-n2nc(C)c(CCC(=O)O)c2C)cc1. The van der Waals surface area contributed by atoms with Crippen molar-refractivity contribution in [3.8, 4) is 5.69 Å². The van der Waals surface area contributed by atoms with Gasteiger partial charge in [-0.1, -0.05) is 12.2 Å². The number of aryl methyl sites for hydroxylation is 1. The van der Waals surface area contributed by atoms with Gasteiger partial charge in [0, 0.05) is 30.8 Å². The summed E-state index contributed by atoms with van der Waals surface area (Å²) in [5.74, 6) is -0.845. The second-order valence-electron chi connectivity index (χ2n) is 6.78. The normalized spacial score (nSPS) is 10.7. The van der Waals surface area contributed by atoms with Gasteiger partial charge >= 0.3 is 5.97 Å². The lowest BCUT2D eigenvalue weighted by Gasteiger charge is -2.21. The highest BCUT2D eigenvalue weighted by atomic mass is 16.4. The van der Waals surface area contributed by atoms with Crippen molar-refractivity contribution in [3.05, 3.63) is 58.9 Å². The maximum absolute atomic E-state index is 12.6. The van der Waals surface area contributed by atoms with Gasteiger partial charge in [0.25, 0.3) is 5.91 Å². The van der Waals surface area contributed by atoms with Gasteiger partial charge < -0.3 is 10.0 Å². The minimum absolute atomic E-state index is 0.0254. The summed E-state index contributed by atoms with van der Waals surface area (Å²) in [4.78, 5) is 25.2. The van der Waals surface area contributed by atoms with Gasteiger partial charge in [-0.15, -0.1) is 0 Å². The highest BCUT2D eigenvalue weighted by molar-refractivity contribution is 5.94. The van der Waals surface area contributed by atoms with Crippen LogP contribution in [0.2, 0.25) is 0 Å². The molecule has 1 N–H and O–H groups in total. The van der Waals surface area contributed by atoms with Crippen LogP contribution in [0.4, 0.5) is 0 Å². The number of carbonyl (C=O) groups excluding carboxylic acids is 1. The summed E-state index contributed by atoms with van der Waals surface area (Å²) >= 11 is 0. The van der Waals surface area contributed by atoms with Crippen LogP contribution in [0.3, 0.4) is 0 Å². The molecule has 1 aromatic heterocycles. The first-order chi connectivity index (χ1) is 12.7. The van der Waals surface area contributed by atoms with E-state index in [1.54, 1.807) is 21.7 Å². The van der Waals surface area contributed by atoms with Crippen LogP contribution in [0.15, 0.2) is 36.4 Å². The van der Waals surface area contributed by atoms with Crippen molar-refractivity contribution >= 4 is 11.9 Å². The van der Waals surface area contributed by atoms with Crippen molar-refractivity contribution in [1.29, 1.82) is 0 Å². The number of carbonyl (C=O) groups is 2. The van der Waals surface area contributed by atoms with Crippen molar-refractivity contribution < 1.29 is 14.7 Å². The molecule has 2 aromatic rings. The summed E-state index contributed by atoms with van der Waals surface area (Å²) in [6.07, 6.45) is 0.534. The molecule has 0 aliphatic heterocycles. The van der Waals surface area contributed by atoms with Gasteiger partial charge in [0.15, 0.2) is 0 Å². The summed E-state index contributed by atoms with van der Waals surface area (Å²) < 4.78 is 1.80. The molecule has 0 aliphatic carbocycles. The second kappa shape index (κ2) is 8.66. The highest BCUT2D eigenvalue weighted by Gasteiger charge is 2.16. The number of nitrogens with zero attached hydrogens (tertiary/aromatic N) is 3. The monoisotopic (exact) mass is 369 g/mol. The van der Waals surface area contributed by atoms with Crippen LogP contribution in [-0.4, -0.2) is 44.8 Å². The number of hydrogen-bond donors (Lipinski definition) is 1. The number of aromatic nitrogens is 2. The predicted molar refractivity (Wildman–Crippen MR) is 105 cm³/mol. The van der Waals surface area contributed by atoms with Crippen LogP contribution in [0.5, 0.6) is 0 Å². The molecule has 1 amide bonds. The molecule has 0 unspecified atom stereocenters. The molecular formula is C21H27N3O3. The standard InChI is InChI=1S/C21H27N3O3/c1-6-23(13-14(2)3)21(27)17-7-9-18(10-8-17)24-16(5)19(15(4)22-24)11-12-20(25)26/h7-10H,2,6,11-13H2,1,3-5H3,(H,25,26). The summed E-state index contributed by atoms with van der Waals surface area (Å²) in [5.41, 5.74) is 5.11. The number of carboxylic acids is 1. The lowest BCUT2D eigenvalue weighted by Crippen LogP contribution is -2.32. The van der Waals surface area contributed by atoms with Crippen LogP contribution >= 0.6 is 0 Å². The third-order valence-corrected chi connectivity index (χ3v) is 4.52. The minimum Gasteiger partial charge on any atom is -0.481 e. The topological polar surface area (TPSA) is 75.4 Å². The molecule has 0 atom stereocenters. The fourth-order valence-corrected chi connectivity index (χ4v) is 3.10. The molecule has 0 saturated heterocycles. The number of amides is 1. The van der Waals surface area contributed by atoms with Crippen molar-refractivity contribution in [2.24, 2.45) is 0 Å². The molecule has 0 saturated carbocycles. The molecule has 0 bridgehead atoms. The van der Waals surface area contributed by atoms with Gasteiger partial charge in [-0.25, -0.2) is 4.68 Å². The number of aliphatic carboxylic acids is 1. The van der Waals surface area contributed by atoms with Crippen LogP contribution in [0.1, 0.15) is 47.6 Å². The molecule has 0 aliphatic rings. The molecule has 27 heavy (non-hydrogen) atoms. The Morgan fingerprint density at radius 3 is 2.37 bits per heavy atom. The summed E-state index contributed by atoms with van der Waals surface area (Å²) in [7, 11) is 0. The molecule has 1 aromatic carbocycles. The van der Waals surface area contributed by atoms with Crippen LogP contribution in [-0.2, 0) is 11.2 Å². The van der Waals surface area contributed by atoms with Gasteiger partial charge in [0.1, 0.15) is 0 Å². The zero-order valence-corrected chi connectivity index (χ0v) is 16.5. The van der Waals surface area contributed by atoms with Crippen LogP contribution in [0.25, 0.3) is 5.69 Å². The van der Waals surface area contributed by atoms with E-state index in [1.165, 1.54) is 0 Å². The highest BCUT2D eigenvalue weighted by Crippen LogP contribution is 2.20. The maximum Gasteiger partial charge on any atom is 0.303 e. The van der Waals surface area contributed by atoms with E-state index in [9.17, 15) is 9.59 Å². The molecule has 6 heteroatoms. The summed E-state index contributed by atoms with van der Waals surface area (Å²) in [6, 6.07) is 7.32. The Morgan fingerprint density at radius 2 is 1.85 bits per heavy atom. The molecule has 6 nitrogen and oxygen atoms in total. The largest absolute Gasteiger partial charge is 0.481 e. The van der Waals surface area contributed by atoms with E-state index in [0.717, 1.165) is 28.2 Å². The molecule has 1 heterocycles. The van der Waals surface area contributed by atoms with Crippen molar-refractivity contribution in [1.82, 2.24) is 14.7 Å². The number of hydrogen-bond acceptors (Lipinski definition) is 3. The fraction of sp³-hybridized carbons (Fsp3) is 0.381. The Balaban J connectivity index is 2.25. The lowest BCUT2D eigenvalue weighted by atomic mass is 10.1. The van der Waals surface area contributed by atoms with Gasteiger partial charge in [0.2, 0.25) is 0 Å². The van der Waals surface area contributed by atoms with Crippen LogP contribution < -0.4 is 0 Å². The van der Waals surface area contributed by atoms with E-state index in [2.05, 4.69) is 11.7 Å². The quantitative estimate of drug-likeness (QED) is 0.722. The Morgan fingerprint density at radius 1 is 1.22 bits per heavy atom. The van der Waals surface area contributed by atoms with Crippen LogP contribution in [0, 0.1) is 13.8 Å². The van der Waals surface area contributed by atoms with Gasteiger partial charge in [-0.3, -0.25) is 9.59 Å². The number of benzene rings is 1.